The molecule has 18 heteroatoms. The molecular weight excluding hydrogens is 727 g/mol. The summed E-state index contributed by atoms with van der Waals surface area (Å²) in [6.07, 6.45) is 5.54. The highest BCUT2D eigenvalue weighted by Gasteiger charge is 2.34. The number of piperidine rings is 2. The molecule has 52 heavy (non-hydrogen) atoms. The number of carbonyl (C=O) groups is 2. The van der Waals surface area contributed by atoms with Crippen molar-refractivity contribution in [3.63, 3.8) is 0 Å². The van der Waals surface area contributed by atoms with Crippen LogP contribution in [0.4, 0.5) is 0 Å². The molecule has 2 unspecified atom stereocenters. The largest absolute Gasteiger partial charge is 0.361 e. The van der Waals surface area contributed by atoms with Crippen LogP contribution in [0.1, 0.15) is 93.9 Å². The van der Waals surface area contributed by atoms with E-state index in [9.17, 15) is 9.59 Å². The molecular formula is C34H34Cl2N12O3S. The van der Waals surface area contributed by atoms with Crippen LogP contribution in [0.15, 0.2) is 64.6 Å². The first-order valence-corrected chi connectivity index (χ1v) is 18.5. The van der Waals surface area contributed by atoms with Crippen LogP contribution in [0.25, 0.3) is 11.4 Å². The first-order valence-electron chi connectivity index (χ1n) is 16.8. The molecule has 0 N–H and O–H groups in total. The van der Waals surface area contributed by atoms with Gasteiger partial charge in [-0.1, -0.05) is 40.5 Å². The molecule has 2 aliphatic heterocycles. The van der Waals surface area contributed by atoms with E-state index >= 15 is 0 Å². The first kappa shape index (κ1) is 35.3. The number of halogens is 2. The highest BCUT2D eigenvalue weighted by molar-refractivity contribution is 7.11. The van der Waals surface area contributed by atoms with E-state index in [1.54, 1.807) is 47.7 Å². The molecule has 0 radical (unpaired) electrons. The van der Waals surface area contributed by atoms with Gasteiger partial charge in [-0.2, -0.15) is 0 Å². The molecule has 4 aromatic heterocycles. The van der Waals surface area contributed by atoms with Gasteiger partial charge in [0.1, 0.15) is 10.6 Å². The van der Waals surface area contributed by atoms with Gasteiger partial charge in [-0.05, 0) is 99.2 Å². The highest BCUT2D eigenvalue weighted by Crippen LogP contribution is 2.32. The van der Waals surface area contributed by atoms with Crippen molar-refractivity contribution >= 4 is 46.4 Å². The summed E-state index contributed by atoms with van der Waals surface area (Å²) in [6.45, 7) is 4.93. The zero-order valence-corrected chi connectivity index (χ0v) is 30.7. The van der Waals surface area contributed by atoms with E-state index in [0.717, 1.165) is 55.6 Å². The second-order valence-corrected chi connectivity index (χ2v) is 14.2. The van der Waals surface area contributed by atoms with Gasteiger partial charge in [0.05, 0.1) is 34.7 Å². The maximum atomic E-state index is 13.0. The third-order valence-corrected chi connectivity index (χ3v) is 10.2. The van der Waals surface area contributed by atoms with Gasteiger partial charge in [0.25, 0.3) is 11.8 Å². The average molecular weight is 762 g/mol. The van der Waals surface area contributed by atoms with Gasteiger partial charge in [0, 0.05) is 29.2 Å². The Morgan fingerprint density at radius 2 is 1.33 bits per heavy atom. The lowest BCUT2D eigenvalue weighted by atomic mass is 10.0. The Hall–Kier alpha value is -5.06. The number of likely N-dealkylation sites (tertiary alicyclic amines) is 2. The molecule has 0 spiro atoms. The number of carbonyl (C=O) groups excluding carboxylic acids is 2. The van der Waals surface area contributed by atoms with Gasteiger partial charge in [0.2, 0.25) is 0 Å². The minimum Gasteiger partial charge on any atom is -0.361 e. The van der Waals surface area contributed by atoms with E-state index in [2.05, 4.69) is 41.0 Å². The average Bonchev–Trinajstić information content (AvgIpc) is 4.00. The van der Waals surface area contributed by atoms with Crippen LogP contribution in [0, 0.1) is 13.8 Å². The lowest BCUT2D eigenvalue weighted by Gasteiger charge is -2.33. The Bertz CT molecular complexity index is 2180. The number of benzene rings is 2. The molecule has 15 nitrogen and oxygen atoms in total. The van der Waals surface area contributed by atoms with Crippen molar-refractivity contribution in [1.82, 2.24) is 60.4 Å². The van der Waals surface area contributed by atoms with Crippen molar-refractivity contribution in [1.29, 1.82) is 0 Å². The van der Waals surface area contributed by atoms with Crippen molar-refractivity contribution in [2.45, 2.75) is 64.5 Å². The van der Waals surface area contributed by atoms with Gasteiger partial charge in [-0.3, -0.25) is 9.59 Å². The molecule has 0 bridgehead atoms. The number of aryl methyl sites for hydroxylation is 2. The number of hydrogen-bond donors (Lipinski definition) is 0. The number of aromatic nitrogens is 10. The highest BCUT2D eigenvalue weighted by atomic mass is 35.5. The molecule has 2 atom stereocenters. The van der Waals surface area contributed by atoms with Crippen molar-refractivity contribution < 1.29 is 14.1 Å². The van der Waals surface area contributed by atoms with E-state index in [1.165, 1.54) is 20.9 Å². The zero-order valence-electron chi connectivity index (χ0n) is 28.3. The number of thiazole rings is 1. The van der Waals surface area contributed by atoms with E-state index in [-0.39, 0.29) is 23.9 Å². The number of hydrogen-bond acceptors (Lipinski definition) is 12. The second-order valence-electron chi connectivity index (χ2n) is 12.4. The summed E-state index contributed by atoms with van der Waals surface area (Å²) in [6, 6.07) is 15.7. The third-order valence-electron chi connectivity index (χ3n) is 8.85. The standard InChI is InChI=1S/C17H17ClN6O2.C17H17ClN6OS/c1-11-9-14(21-26-11)17(25)23-8-3-2-7-15(23)16-19-22-24(20-16)13-6-4-5-12(18)10-13;1-11-15(26-10-19-11)17(25)23-8-3-2-7-14(23)16-20-22-24(21-16)13-6-4-5-12(18)9-13/h4-6,9-10,15H,2-3,7-8H2,1H3;4-6,9-10,14H,2-3,7-8H2,1H3. The molecule has 2 aliphatic rings. The fraction of sp³-hybridized carbons (Fsp3) is 0.353. The first-order chi connectivity index (χ1) is 25.2. The monoisotopic (exact) mass is 760 g/mol. The van der Waals surface area contributed by atoms with Gasteiger partial charge < -0.3 is 14.3 Å². The molecule has 6 aromatic rings. The van der Waals surface area contributed by atoms with E-state index < -0.39 is 0 Å². The summed E-state index contributed by atoms with van der Waals surface area (Å²) < 4.78 is 5.03. The van der Waals surface area contributed by atoms with Crippen molar-refractivity contribution in [2.24, 2.45) is 0 Å². The Balaban J connectivity index is 0.000000162. The Labute approximate surface area is 312 Å². The van der Waals surface area contributed by atoms with Crippen molar-refractivity contribution in [3.8, 4) is 11.4 Å². The minimum atomic E-state index is -0.235. The molecule has 2 aromatic carbocycles. The Kier molecular flexibility index (Phi) is 10.7. The van der Waals surface area contributed by atoms with Crippen LogP contribution in [-0.2, 0) is 0 Å². The van der Waals surface area contributed by atoms with Crippen LogP contribution >= 0.6 is 34.5 Å². The van der Waals surface area contributed by atoms with Gasteiger partial charge in [0.15, 0.2) is 17.3 Å². The second kappa shape index (κ2) is 15.7. The quantitative estimate of drug-likeness (QED) is 0.184. The zero-order chi connectivity index (χ0) is 36.2. The minimum absolute atomic E-state index is 0.00574. The van der Waals surface area contributed by atoms with Crippen molar-refractivity contribution in [2.75, 3.05) is 13.1 Å². The number of rotatable bonds is 6. The number of nitrogens with zero attached hydrogens (tertiary/aromatic N) is 12. The van der Waals surface area contributed by atoms with Crippen LogP contribution in [-0.4, -0.2) is 85.3 Å². The van der Waals surface area contributed by atoms with Gasteiger partial charge >= 0.3 is 0 Å². The summed E-state index contributed by atoms with van der Waals surface area (Å²) >= 11 is 13.4. The lowest BCUT2D eigenvalue weighted by molar-refractivity contribution is 0.0586. The molecule has 2 saturated heterocycles. The van der Waals surface area contributed by atoms with E-state index in [4.69, 9.17) is 27.7 Å². The molecule has 6 heterocycles. The number of amides is 2. The van der Waals surface area contributed by atoms with Crippen molar-refractivity contribution in [3.05, 3.63) is 104 Å². The lowest BCUT2D eigenvalue weighted by Crippen LogP contribution is -2.39. The van der Waals surface area contributed by atoms with Gasteiger partial charge in [-0.15, -0.1) is 41.3 Å². The van der Waals surface area contributed by atoms with E-state index in [1.807, 2.05) is 36.1 Å². The SMILES string of the molecule is Cc1cc(C(=O)N2CCCCC2c2nnn(-c3cccc(Cl)c3)n2)no1.Cc1ncsc1C(=O)N1CCCCC1c1nnn(-c2cccc(Cl)c2)n1. The topological polar surface area (TPSA) is 167 Å². The summed E-state index contributed by atoms with van der Waals surface area (Å²) in [5, 5.41) is 30.7. The smallest absolute Gasteiger partial charge is 0.276 e. The third kappa shape index (κ3) is 7.73. The van der Waals surface area contributed by atoms with Crippen LogP contribution in [0.3, 0.4) is 0 Å². The van der Waals surface area contributed by atoms with Crippen LogP contribution in [0.2, 0.25) is 10.0 Å². The van der Waals surface area contributed by atoms with E-state index in [0.29, 0.717) is 51.1 Å². The summed E-state index contributed by atoms with van der Waals surface area (Å²) in [4.78, 5) is 37.2. The molecule has 2 amide bonds. The maximum absolute atomic E-state index is 13.0. The predicted molar refractivity (Wildman–Crippen MR) is 192 cm³/mol. The molecule has 0 saturated carbocycles. The molecule has 268 valence electrons. The predicted octanol–water partition coefficient (Wildman–Crippen LogP) is 6.43. The van der Waals surface area contributed by atoms with Crippen LogP contribution in [0.5, 0.6) is 0 Å². The van der Waals surface area contributed by atoms with Crippen LogP contribution < -0.4 is 0 Å². The Morgan fingerprint density at radius 3 is 1.81 bits per heavy atom. The fourth-order valence-electron chi connectivity index (χ4n) is 6.27. The molecule has 8 rings (SSSR count). The summed E-state index contributed by atoms with van der Waals surface area (Å²) in [5.74, 6) is 1.49. The van der Waals surface area contributed by atoms with Gasteiger partial charge in [-0.25, -0.2) is 4.98 Å². The normalized spacial score (nSPS) is 17.5. The molecule has 2 fully saturated rings. The number of tetrazole rings is 2. The maximum Gasteiger partial charge on any atom is 0.276 e. The fourth-order valence-corrected chi connectivity index (χ4v) is 7.40. The summed E-state index contributed by atoms with van der Waals surface area (Å²) in [7, 11) is 0. The Morgan fingerprint density at radius 1 is 0.769 bits per heavy atom. The summed E-state index contributed by atoms with van der Waals surface area (Å²) in [5.41, 5.74) is 4.23. The molecule has 0 aliphatic carbocycles.